The monoisotopic (exact) mass is 369 g/mol. The molecule has 2 amide bonds. The van der Waals surface area contributed by atoms with E-state index < -0.39 is 12.1 Å². The van der Waals surface area contributed by atoms with Crippen molar-refractivity contribution in [1.82, 2.24) is 9.88 Å². The summed E-state index contributed by atoms with van der Waals surface area (Å²) in [6, 6.07) is 4.33. The molecule has 1 aromatic rings. The van der Waals surface area contributed by atoms with Gasteiger partial charge in [0.2, 0.25) is 5.91 Å². The van der Waals surface area contributed by atoms with Crippen molar-refractivity contribution in [3.63, 3.8) is 0 Å². The molecule has 7 nitrogen and oxygen atoms in total. The number of amides is 2. The van der Waals surface area contributed by atoms with E-state index >= 15 is 0 Å². The highest BCUT2D eigenvalue weighted by Crippen LogP contribution is 2.59. The summed E-state index contributed by atoms with van der Waals surface area (Å²) in [6.07, 6.45) is 0.173. The van der Waals surface area contributed by atoms with Crippen molar-refractivity contribution >= 4 is 33.7 Å². The second-order valence-electron chi connectivity index (χ2n) is 5.76. The number of carbonyl (C=O) groups excluding carboxylic acids is 1. The molecule has 2 fully saturated rings. The molecule has 1 aliphatic heterocycles. The number of nitrogens with one attached hydrogen (secondary N) is 1. The Labute approximate surface area is 135 Å². The summed E-state index contributed by atoms with van der Waals surface area (Å²) >= 11 is 3.23. The van der Waals surface area contributed by atoms with Gasteiger partial charge in [0.05, 0.1) is 6.61 Å². The van der Waals surface area contributed by atoms with Crippen molar-refractivity contribution < 1.29 is 19.4 Å². The maximum absolute atomic E-state index is 12.4. The molecule has 2 heterocycles. The molecule has 22 heavy (non-hydrogen) atoms. The fourth-order valence-corrected chi connectivity index (χ4v) is 3.66. The van der Waals surface area contributed by atoms with Crippen molar-refractivity contribution in [3.8, 4) is 0 Å². The van der Waals surface area contributed by atoms with E-state index in [1.807, 2.05) is 0 Å². The van der Waals surface area contributed by atoms with Crippen LogP contribution >= 0.6 is 15.9 Å². The van der Waals surface area contributed by atoms with Crippen LogP contribution in [0, 0.1) is 5.41 Å². The van der Waals surface area contributed by atoms with E-state index in [1.54, 1.807) is 25.3 Å². The number of fused-ring (bicyclic) bond motifs is 1. The molecule has 0 aromatic carbocycles. The van der Waals surface area contributed by atoms with E-state index in [4.69, 9.17) is 4.74 Å². The van der Waals surface area contributed by atoms with Gasteiger partial charge in [0.25, 0.3) is 0 Å². The number of anilines is 1. The van der Waals surface area contributed by atoms with Gasteiger partial charge < -0.3 is 15.2 Å². The first-order chi connectivity index (χ1) is 10.5. The number of nitrogens with zero attached hydrogens (tertiary/aromatic N) is 2. The summed E-state index contributed by atoms with van der Waals surface area (Å²) in [5.41, 5.74) is -0.208. The Bertz CT molecular complexity index is 626. The molecule has 0 spiro atoms. The number of piperidine rings is 1. The smallest absolute Gasteiger partial charge is 0.408 e. The molecule has 2 aliphatic rings. The molecule has 118 valence electrons. The van der Waals surface area contributed by atoms with Crippen LogP contribution in [0.5, 0.6) is 0 Å². The number of pyridine rings is 1. The van der Waals surface area contributed by atoms with E-state index in [0.717, 1.165) is 6.42 Å². The van der Waals surface area contributed by atoms with Crippen LogP contribution in [0.1, 0.15) is 12.8 Å². The minimum Gasteiger partial charge on any atom is -0.465 e. The summed E-state index contributed by atoms with van der Waals surface area (Å²) in [7, 11) is 1.59. The number of ether oxygens (including phenoxy) is 1. The van der Waals surface area contributed by atoms with Crippen molar-refractivity contribution in [2.45, 2.75) is 24.9 Å². The molecule has 1 aromatic heterocycles. The highest BCUT2D eigenvalue weighted by molar-refractivity contribution is 9.10. The van der Waals surface area contributed by atoms with Crippen LogP contribution in [0.25, 0.3) is 0 Å². The largest absolute Gasteiger partial charge is 0.465 e. The van der Waals surface area contributed by atoms with Gasteiger partial charge in [-0.25, -0.2) is 9.78 Å². The molecule has 8 heteroatoms. The second-order valence-corrected chi connectivity index (χ2v) is 6.57. The molecule has 2 N–H and O–H groups in total. The van der Waals surface area contributed by atoms with Crippen LogP contribution in [0.3, 0.4) is 0 Å². The van der Waals surface area contributed by atoms with Gasteiger partial charge in [0.15, 0.2) is 0 Å². The van der Waals surface area contributed by atoms with Crippen molar-refractivity contribution in [1.29, 1.82) is 0 Å². The Kier molecular flexibility index (Phi) is 3.82. The average Bonchev–Trinajstić information content (AvgIpc) is 3.02. The standard InChI is InChI=1S/C14H16BrN3O4/c1-22-7-14-5-8(18(13(20)21)9(14)6-14)12(19)17-11-4-2-3-10(15)16-11/h2-4,8-9H,5-7H2,1H3,(H,20,21)(H,16,17,19)/t8-,9?,14?/m0/s1. The van der Waals surface area contributed by atoms with Crippen LogP contribution < -0.4 is 5.32 Å². The van der Waals surface area contributed by atoms with Gasteiger partial charge in [0.1, 0.15) is 16.5 Å². The molecule has 1 aliphatic carbocycles. The van der Waals surface area contributed by atoms with Crippen LogP contribution in [0.15, 0.2) is 22.8 Å². The van der Waals surface area contributed by atoms with Gasteiger partial charge >= 0.3 is 6.09 Å². The number of rotatable bonds is 4. The number of hydrogen-bond acceptors (Lipinski definition) is 4. The van der Waals surface area contributed by atoms with Crippen molar-refractivity contribution in [2.24, 2.45) is 5.41 Å². The number of aromatic nitrogens is 1. The zero-order valence-corrected chi connectivity index (χ0v) is 13.5. The first-order valence-electron chi connectivity index (χ1n) is 6.90. The Hall–Kier alpha value is -1.67. The molecular formula is C14H16BrN3O4. The maximum Gasteiger partial charge on any atom is 0.408 e. The Morgan fingerprint density at radius 3 is 2.95 bits per heavy atom. The third-order valence-electron chi connectivity index (χ3n) is 4.34. The Morgan fingerprint density at radius 2 is 2.32 bits per heavy atom. The summed E-state index contributed by atoms with van der Waals surface area (Å²) in [5, 5.41) is 12.1. The van der Waals surface area contributed by atoms with Gasteiger partial charge in [0, 0.05) is 18.6 Å². The molecule has 2 unspecified atom stereocenters. The number of hydrogen-bond donors (Lipinski definition) is 2. The predicted octanol–water partition coefficient (Wildman–Crippen LogP) is 1.94. The Morgan fingerprint density at radius 1 is 1.55 bits per heavy atom. The molecule has 1 saturated carbocycles. The van der Waals surface area contributed by atoms with Crippen LogP contribution in [-0.2, 0) is 9.53 Å². The van der Waals surface area contributed by atoms with E-state index in [2.05, 4.69) is 26.2 Å². The summed E-state index contributed by atoms with van der Waals surface area (Å²) in [4.78, 5) is 29.3. The SMILES string of the molecule is COCC12CC1N(C(=O)O)[C@H](C(=O)Nc1cccc(Br)n1)C2. The lowest BCUT2D eigenvalue weighted by molar-refractivity contribution is -0.120. The van der Waals surface area contributed by atoms with Gasteiger partial charge in [-0.1, -0.05) is 6.07 Å². The number of carboxylic acid groups (broad SMARTS) is 1. The van der Waals surface area contributed by atoms with Gasteiger partial charge in [-0.3, -0.25) is 9.69 Å². The molecule has 3 atom stereocenters. The lowest BCUT2D eigenvalue weighted by Crippen LogP contribution is -2.44. The molecular weight excluding hydrogens is 354 g/mol. The fraction of sp³-hybridized carbons (Fsp3) is 0.500. The highest BCUT2D eigenvalue weighted by Gasteiger charge is 2.67. The second kappa shape index (κ2) is 5.51. The van der Waals surface area contributed by atoms with E-state index in [9.17, 15) is 14.7 Å². The van der Waals surface area contributed by atoms with Crippen molar-refractivity contribution in [2.75, 3.05) is 19.0 Å². The first-order valence-corrected chi connectivity index (χ1v) is 7.70. The highest BCUT2D eigenvalue weighted by atomic mass is 79.9. The molecule has 3 rings (SSSR count). The number of methoxy groups -OCH3 is 1. The lowest BCUT2D eigenvalue weighted by atomic mass is 10.0. The third-order valence-corrected chi connectivity index (χ3v) is 4.78. The fourth-order valence-electron chi connectivity index (χ4n) is 3.31. The van der Waals surface area contributed by atoms with Gasteiger partial charge in [-0.05, 0) is 40.9 Å². The summed E-state index contributed by atoms with van der Waals surface area (Å²) < 4.78 is 5.79. The Balaban J connectivity index is 1.75. The summed E-state index contributed by atoms with van der Waals surface area (Å²) in [6.45, 7) is 0.473. The topological polar surface area (TPSA) is 91.8 Å². The van der Waals surface area contributed by atoms with Crippen LogP contribution in [-0.4, -0.2) is 52.8 Å². The zero-order chi connectivity index (χ0) is 15.9. The summed E-state index contributed by atoms with van der Waals surface area (Å²) in [5.74, 6) is 0.0433. The molecule has 0 radical (unpaired) electrons. The number of likely N-dealkylation sites (tertiary alicyclic amines) is 1. The average molecular weight is 370 g/mol. The number of halogens is 1. The van der Waals surface area contributed by atoms with Gasteiger partial charge in [-0.2, -0.15) is 0 Å². The molecule has 1 saturated heterocycles. The van der Waals surface area contributed by atoms with E-state index in [0.29, 0.717) is 23.4 Å². The normalized spacial score (nSPS) is 29.1. The lowest BCUT2D eigenvalue weighted by Gasteiger charge is -2.23. The predicted molar refractivity (Wildman–Crippen MR) is 81.5 cm³/mol. The number of carbonyl (C=O) groups is 2. The van der Waals surface area contributed by atoms with E-state index in [-0.39, 0.29) is 17.4 Å². The quantitative estimate of drug-likeness (QED) is 0.791. The third kappa shape index (κ3) is 2.56. The zero-order valence-electron chi connectivity index (χ0n) is 12.0. The van der Waals surface area contributed by atoms with Gasteiger partial charge in [-0.15, -0.1) is 0 Å². The maximum atomic E-state index is 12.4. The van der Waals surface area contributed by atoms with Crippen molar-refractivity contribution in [3.05, 3.63) is 22.8 Å². The van der Waals surface area contributed by atoms with Crippen LogP contribution in [0.4, 0.5) is 10.6 Å². The first kappa shape index (κ1) is 15.2. The minimum absolute atomic E-state index is 0.129. The van der Waals surface area contributed by atoms with E-state index in [1.165, 1.54) is 4.90 Å². The minimum atomic E-state index is -1.07. The van der Waals surface area contributed by atoms with Crippen LogP contribution in [0.2, 0.25) is 0 Å². The molecule has 0 bridgehead atoms.